The third kappa shape index (κ3) is 4.28. The Morgan fingerprint density at radius 3 is 2.38 bits per heavy atom. The fraction of sp³-hybridized carbons (Fsp3) is 0.381. The van der Waals surface area contributed by atoms with Crippen molar-refractivity contribution in [3.05, 3.63) is 65.7 Å². The summed E-state index contributed by atoms with van der Waals surface area (Å²) in [6, 6.07) is 17.0. The fourth-order valence-electron chi connectivity index (χ4n) is 3.49. The van der Waals surface area contributed by atoms with Crippen LogP contribution in [0, 0.1) is 5.92 Å². The van der Waals surface area contributed by atoms with E-state index in [-0.39, 0.29) is 18.6 Å². The first-order chi connectivity index (χ1) is 12.5. The Bertz CT molecular complexity index is 723. The van der Waals surface area contributed by atoms with Gasteiger partial charge >= 0.3 is 6.09 Å². The molecule has 0 aliphatic carbocycles. The number of nitrogens with zero attached hydrogens (tertiary/aromatic N) is 1. The average molecular weight is 349 g/mol. The van der Waals surface area contributed by atoms with Crippen LogP contribution >= 0.6 is 0 Å². The van der Waals surface area contributed by atoms with Gasteiger partial charge in [0.15, 0.2) is 0 Å². The summed E-state index contributed by atoms with van der Waals surface area (Å²) in [5, 5.41) is 11.0. The third-order valence-corrected chi connectivity index (χ3v) is 5.25. The van der Waals surface area contributed by atoms with Gasteiger partial charge in [-0.3, -0.25) is 0 Å². The second-order valence-electron chi connectivity index (χ2n) is 7.07. The normalized spacial score (nSPS) is 17.5. The summed E-state index contributed by atoms with van der Waals surface area (Å²) in [4.78, 5) is 14.0. The van der Waals surface area contributed by atoms with Gasteiger partial charge in [-0.15, -0.1) is 0 Å². The maximum atomic E-state index is 12.3. The fourth-order valence-corrected chi connectivity index (χ4v) is 3.49. The Morgan fingerprint density at radius 2 is 1.77 bits per heavy atom. The quantitative estimate of drug-likeness (QED) is 0.864. The van der Waals surface area contributed by atoms with Gasteiger partial charge in [0.1, 0.15) is 14.5 Å². The minimum atomic E-state index is -0.937. The lowest BCUT2D eigenvalue weighted by Crippen LogP contribution is -2.44. The number of piperidine rings is 1. The van der Waals surface area contributed by atoms with E-state index in [1.54, 1.807) is 17.0 Å². The first-order valence-electron chi connectivity index (χ1n) is 9.01. The molecule has 1 fully saturated rings. The van der Waals surface area contributed by atoms with Crippen LogP contribution in [-0.4, -0.2) is 37.0 Å². The number of ether oxygens (including phenoxy) is 1. The highest BCUT2D eigenvalue weighted by Crippen LogP contribution is 2.36. The van der Waals surface area contributed by atoms with Crippen molar-refractivity contribution in [2.45, 2.75) is 32.0 Å². The molecular formula is C21H24BNO3. The molecule has 2 aromatic rings. The van der Waals surface area contributed by atoms with Gasteiger partial charge in [-0.2, -0.15) is 0 Å². The van der Waals surface area contributed by atoms with Gasteiger partial charge in [0.2, 0.25) is 0 Å². The number of benzene rings is 2. The van der Waals surface area contributed by atoms with Gasteiger partial charge in [-0.05, 0) is 36.8 Å². The first kappa shape index (κ1) is 18.5. The zero-order valence-electron chi connectivity index (χ0n) is 15.1. The lowest BCUT2D eigenvalue weighted by atomic mass is 9.77. The molecule has 0 spiro atoms. The van der Waals surface area contributed by atoms with Crippen molar-refractivity contribution >= 4 is 19.4 Å². The van der Waals surface area contributed by atoms with Crippen LogP contribution in [0.25, 0.3) is 0 Å². The Labute approximate surface area is 156 Å². The van der Waals surface area contributed by atoms with E-state index in [1.165, 1.54) is 0 Å². The van der Waals surface area contributed by atoms with Gasteiger partial charge in [0.25, 0.3) is 0 Å². The predicted molar refractivity (Wildman–Crippen MR) is 102 cm³/mol. The number of aliphatic hydroxyl groups is 1. The molecule has 0 bridgehead atoms. The summed E-state index contributed by atoms with van der Waals surface area (Å²) in [5.41, 5.74) is 1.58. The summed E-state index contributed by atoms with van der Waals surface area (Å²) in [7, 11) is 5.73. The van der Waals surface area contributed by atoms with Crippen LogP contribution in [0.2, 0.25) is 0 Å². The van der Waals surface area contributed by atoms with Crippen molar-refractivity contribution in [3.63, 3.8) is 0 Å². The van der Waals surface area contributed by atoms with E-state index in [2.05, 4.69) is 0 Å². The highest BCUT2D eigenvalue weighted by atomic mass is 16.6. The van der Waals surface area contributed by atoms with Crippen LogP contribution < -0.4 is 5.46 Å². The predicted octanol–water partition coefficient (Wildman–Crippen LogP) is 2.74. The molecule has 5 heteroatoms. The van der Waals surface area contributed by atoms with Gasteiger partial charge in [0, 0.05) is 13.1 Å². The zero-order valence-corrected chi connectivity index (χ0v) is 15.1. The molecule has 4 nitrogen and oxygen atoms in total. The Kier molecular flexibility index (Phi) is 5.67. The molecule has 1 atom stereocenters. The van der Waals surface area contributed by atoms with Gasteiger partial charge < -0.3 is 14.7 Å². The zero-order chi connectivity index (χ0) is 18.6. The number of hydrogen-bond donors (Lipinski definition) is 1. The van der Waals surface area contributed by atoms with Crippen LogP contribution in [0.5, 0.6) is 0 Å². The molecule has 3 rings (SSSR count). The molecule has 1 heterocycles. The Morgan fingerprint density at radius 1 is 1.15 bits per heavy atom. The van der Waals surface area contributed by atoms with Gasteiger partial charge in [-0.1, -0.05) is 60.1 Å². The smallest absolute Gasteiger partial charge is 0.410 e. The minimum absolute atomic E-state index is 0.0873. The highest BCUT2D eigenvalue weighted by Gasteiger charge is 2.37. The summed E-state index contributed by atoms with van der Waals surface area (Å²) in [5.74, 6) is 0.0873. The molecule has 1 unspecified atom stereocenters. The largest absolute Gasteiger partial charge is 0.445 e. The number of likely N-dealkylation sites (tertiary alicyclic amines) is 1. The number of amides is 1. The number of carbonyl (C=O) groups is 1. The van der Waals surface area contributed by atoms with E-state index >= 15 is 0 Å². The Balaban J connectivity index is 1.53. The number of rotatable bonds is 4. The summed E-state index contributed by atoms with van der Waals surface area (Å²) < 4.78 is 5.40. The third-order valence-electron chi connectivity index (χ3n) is 5.25. The molecule has 1 N–H and O–H groups in total. The molecule has 134 valence electrons. The topological polar surface area (TPSA) is 49.8 Å². The van der Waals surface area contributed by atoms with E-state index < -0.39 is 5.60 Å². The maximum absolute atomic E-state index is 12.3. The molecule has 1 saturated heterocycles. The van der Waals surface area contributed by atoms with Crippen LogP contribution in [0.1, 0.15) is 30.9 Å². The van der Waals surface area contributed by atoms with Gasteiger partial charge in [-0.25, -0.2) is 4.79 Å². The van der Waals surface area contributed by atoms with E-state index in [0.717, 1.165) is 24.0 Å². The van der Waals surface area contributed by atoms with E-state index in [1.807, 2.05) is 49.4 Å². The van der Waals surface area contributed by atoms with E-state index in [0.29, 0.717) is 18.6 Å². The second-order valence-corrected chi connectivity index (χ2v) is 7.07. The van der Waals surface area contributed by atoms with Gasteiger partial charge in [0.05, 0.1) is 5.60 Å². The van der Waals surface area contributed by atoms with E-state index in [9.17, 15) is 9.90 Å². The van der Waals surface area contributed by atoms with Crippen molar-refractivity contribution in [3.8, 4) is 0 Å². The molecule has 26 heavy (non-hydrogen) atoms. The lowest BCUT2D eigenvalue weighted by Gasteiger charge is -2.39. The summed E-state index contributed by atoms with van der Waals surface area (Å²) in [6.45, 7) is 3.29. The number of carbonyl (C=O) groups excluding carboxylic acids is 1. The molecule has 0 aromatic heterocycles. The monoisotopic (exact) mass is 349 g/mol. The molecule has 1 aliphatic heterocycles. The first-order valence-corrected chi connectivity index (χ1v) is 9.01. The van der Waals surface area contributed by atoms with Crippen LogP contribution in [0.4, 0.5) is 4.79 Å². The van der Waals surface area contributed by atoms with Crippen molar-refractivity contribution in [2.24, 2.45) is 5.92 Å². The summed E-state index contributed by atoms with van der Waals surface area (Å²) in [6.07, 6.45) is 1.18. The molecular weight excluding hydrogens is 325 g/mol. The lowest BCUT2D eigenvalue weighted by molar-refractivity contribution is -0.0328. The maximum Gasteiger partial charge on any atom is 0.410 e. The molecule has 1 aliphatic rings. The van der Waals surface area contributed by atoms with Crippen molar-refractivity contribution in [1.29, 1.82) is 0 Å². The Hall–Kier alpha value is -2.27. The molecule has 2 aromatic carbocycles. The summed E-state index contributed by atoms with van der Waals surface area (Å²) >= 11 is 0. The second kappa shape index (κ2) is 7.96. The van der Waals surface area contributed by atoms with Crippen LogP contribution in [0.3, 0.4) is 0 Å². The van der Waals surface area contributed by atoms with Crippen molar-refractivity contribution < 1.29 is 14.6 Å². The minimum Gasteiger partial charge on any atom is -0.445 e. The molecule has 1 amide bonds. The van der Waals surface area contributed by atoms with Crippen molar-refractivity contribution in [1.82, 2.24) is 4.90 Å². The van der Waals surface area contributed by atoms with Crippen LogP contribution in [0.15, 0.2) is 54.6 Å². The van der Waals surface area contributed by atoms with Crippen LogP contribution in [-0.2, 0) is 16.9 Å². The number of hydrogen-bond acceptors (Lipinski definition) is 3. The highest BCUT2D eigenvalue weighted by molar-refractivity contribution is 6.32. The SMILES string of the molecule is [B]c1ccc(C(C)(O)C2CCN(C(=O)OCc3ccccc3)CC2)cc1. The standard InChI is InChI=1S/C21H24BNO3/c1-21(25,17-7-9-19(22)10-8-17)18-11-13-23(14-12-18)20(24)26-15-16-5-3-2-4-6-16/h2-10,18,25H,11-15H2,1H3. The van der Waals surface area contributed by atoms with Crippen molar-refractivity contribution in [2.75, 3.05) is 13.1 Å². The average Bonchev–Trinajstić information content (AvgIpc) is 2.67. The molecule has 2 radical (unpaired) electrons. The van der Waals surface area contributed by atoms with E-state index in [4.69, 9.17) is 12.6 Å². The molecule has 0 saturated carbocycles.